The van der Waals surface area contributed by atoms with Crippen LogP contribution in [-0.4, -0.2) is 18.4 Å². The molecule has 1 aliphatic rings. The van der Waals surface area contributed by atoms with Crippen LogP contribution in [0.15, 0.2) is 22.7 Å². The molecule has 106 valence electrons. The first-order valence-electron chi connectivity index (χ1n) is 5.99. The Labute approximate surface area is 127 Å². The van der Waals surface area contributed by atoms with Gasteiger partial charge in [0.1, 0.15) is 0 Å². The molecule has 1 fully saturated rings. The molecule has 0 unspecified atom stereocenters. The van der Waals surface area contributed by atoms with Gasteiger partial charge in [0.2, 0.25) is 0 Å². The van der Waals surface area contributed by atoms with Gasteiger partial charge in [-0.2, -0.15) is 13.2 Å². The molecule has 1 aromatic carbocycles. The van der Waals surface area contributed by atoms with E-state index in [1.165, 1.54) is 6.07 Å². The van der Waals surface area contributed by atoms with Crippen molar-refractivity contribution in [1.82, 2.24) is 0 Å². The quantitative estimate of drug-likeness (QED) is 0.639. The smallest absolute Gasteiger partial charge is 0.373 e. The van der Waals surface area contributed by atoms with E-state index in [0.717, 1.165) is 37.2 Å². The highest BCUT2D eigenvalue weighted by Gasteiger charge is 2.32. The van der Waals surface area contributed by atoms with E-state index >= 15 is 0 Å². The molecular formula is C13H14Br2F3N. The van der Waals surface area contributed by atoms with Gasteiger partial charge in [0.25, 0.3) is 0 Å². The third-order valence-electron chi connectivity index (χ3n) is 3.40. The van der Waals surface area contributed by atoms with E-state index in [-0.39, 0.29) is 0 Å². The van der Waals surface area contributed by atoms with Gasteiger partial charge < -0.3 is 4.90 Å². The number of hydrogen-bond donors (Lipinski definition) is 0. The summed E-state index contributed by atoms with van der Waals surface area (Å²) >= 11 is 6.77. The molecule has 0 aliphatic heterocycles. The number of hydrogen-bond acceptors (Lipinski definition) is 1. The van der Waals surface area contributed by atoms with Crippen LogP contribution in [0.5, 0.6) is 0 Å². The largest absolute Gasteiger partial charge is 0.416 e. The van der Waals surface area contributed by atoms with Gasteiger partial charge in [0, 0.05) is 22.9 Å². The Hall–Kier alpha value is -0.230. The lowest BCUT2D eigenvalue weighted by Gasteiger charge is -2.35. The molecule has 0 saturated heterocycles. The van der Waals surface area contributed by atoms with Crippen molar-refractivity contribution in [2.45, 2.75) is 23.8 Å². The fraction of sp³-hybridized carbons (Fsp3) is 0.538. The second-order valence-corrected chi connectivity index (χ2v) is 7.13. The van der Waals surface area contributed by atoms with Crippen molar-refractivity contribution >= 4 is 37.5 Å². The van der Waals surface area contributed by atoms with E-state index in [1.807, 2.05) is 11.9 Å². The Morgan fingerprint density at radius 1 is 1.32 bits per heavy atom. The SMILES string of the molecule is CN(CC1CC(Br)C1)c1ccc(C(F)(F)F)cc1Br. The summed E-state index contributed by atoms with van der Waals surface area (Å²) in [6, 6.07) is 3.79. The van der Waals surface area contributed by atoms with Crippen molar-refractivity contribution < 1.29 is 13.2 Å². The van der Waals surface area contributed by atoms with Gasteiger partial charge in [-0.25, -0.2) is 0 Å². The number of anilines is 1. The van der Waals surface area contributed by atoms with Crippen molar-refractivity contribution in [3.05, 3.63) is 28.2 Å². The summed E-state index contributed by atoms with van der Waals surface area (Å²) in [5, 5.41) is 0. The fourth-order valence-corrected chi connectivity index (χ4v) is 4.02. The van der Waals surface area contributed by atoms with Crippen LogP contribution in [-0.2, 0) is 6.18 Å². The fourth-order valence-electron chi connectivity index (χ4n) is 2.28. The summed E-state index contributed by atoms with van der Waals surface area (Å²) in [5.41, 5.74) is 0.173. The summed E-state index contributed by atoms with van der Waals surface area (Å²) in [7, 11) is 1.91. The molecule has 6 heteroatoms. The minimum atomic E-state index is -4.29. The third kappa shape index (κ3) is 3.66. The number of benzene rings is 1. The maximum Gasteiger partial charge on any atom is 0.416 e. The zero-order chi connectivity index (χ0) is 14.2. The molecule has 0 amide bonds. The van der Waals surface area contributed by atoms with Crippen molar-refractivity contribution in [3.63, 3.8) is 0 Å². The molecule has 0 radical (unpaired) electrons. The van der Waals surface area contributed by atoms with Gasteiger partial charge in [-0.3, -0.25) is 0 Å². The molecule has 1 nitrogen and oxygen atoms in total. The third-order valence-corrected chi connectivity index (χ3v) is 4.78. The van der Waals surface area contributed by atoms with E-state index in [1.54, 1.807) is 0 Å². The van der Waals surface area contributed by atoms with Crippen LogP contribution in [0.1, 0.15) is 18.4 Å². The second-order valence-electron chi connectivity index (χ2n) is 4.98. The van der Waals surface area contributed by atoms with Crippen LogP contribution in [0.3, 0.4) is 0 Å². The molecule has 0 bridgehead atoms. The monoisotopic (exact) mass is 399 g/mol. The molecule has 0 heterocycles. The molecule has 0 aromatic heterocycles. The summed E-state index contributed by atoms with van der Waals surface area (Å²) in [4.78, 5) is 2.61. The van der Waals surface area contributed by atoms with Gasteiger partial charge in [-0.05, 0) is 52.9 Å². The Morgan fingerprint density at radius 3 is 2.42 bits per heavy atom. The van der Waals surface area contributed by atoms with Crippen LogP contribution in [0, 0.1) is 5.92 Å². The summed E-state index contributed by atoms with van der Waals surface area (Å²) in [6.45, 7) is 0.867. The summed E-state index contributed by atoms with van der Waals surface area (Å²) < 4.78 is 38.2. The molecule has 0 atom stereocenters. The first-order valence-corrected chi connectivity index (χ1v) is 7.70. The first-order chi connectivity index (χ1) is 8.77. The standard InChI is InChI=1S/C13H14Br2F3N/c1-19(7-8-4-10(14)5-8)12-3-2-9(6-11(12)15)13(16,17)18/h2-3,6,8,10H,4-5,7H2,1H3. The zero-order valence-electron chi connectivity index (χ0n) is 10.3. The number of alkyl halides is 4. The molecule has 1 saturated carbocycles. The van der Waals surface area contributed by atoms with Gasteiger partial charge in [0.05, 0.1) is 11.3 Å². The van der Waals surface area contributed by atoms with Crippen molar-refractivity contribution in [2.75, 3.05) is 18.5 Å². The molecule has 19 heavy (non-hydrogen) atoms. The highest BCUT2D eigenvalue weighted by Crippen LogP contribution is 2.37. The zero-order valence-corrected chi connectivity index (χ0v) is 13.5. The maximum absolute atomic E-state index is 12.6. The van der Waals surface area contributed by atoms with Gasteiger partial charge in [-0.1, -0.05) is 15.9 Å². The Kier molecular flexibility index (Phi) is 4.50. The van der Waals surface area contributed by atoms with Crippen LogP contribution in [0.2, 0.25) is 0 Å². The number of nitrogens with zero attached hydrogens (tertiary/aromatic N) is 1. The van der Waals surface area contributed by atoms with Gasteiger partial charge >= 0.3 is 6.18 Å². The second kappa shape index (κ2) is 5.64. The lowest BCUT2D eigenvalue weighted by atomic mass is 9.85. The van der Waals surface area contributed by atoms with Crippen LogP contribution in [0.25, 0.3) is 0 Å². The van der Waals surface area contributed by atoms with Crippen LogP contribution < -0.4 is 4.90 Å². The maximum atomic E-state index is 12.6. The van der Waals surface area contributed by atoms with E-state index in [9.17, 15) is 13.2 Å². The predicted molar refractivity (Wildman–Crippen MR) is 77.9 cm³/mol. The van der Waals surface area contributed by atoms with Crippen LogP contribution >= 0.6 is 31.9 Å². The predicted octanol–water partition coefficient (Wildman–Crippen LogP) is 5.08. The lowest BCUT2D eigenvalue weighted by molar-refractivity contribution is -0.137. The van der Waals surface area contributed by atoms with E-state index in [2.05, 4.69) is 31.9 Å². The average Bonchev–Trinajstić information content (AvgIpc) is 2.25. The Bertz CT molecular complexity index is 456. The average molecular weight is 401 g/mol. The molecule has 0 N–H and O–H groups in total. The van der Waals surface area contributed by atoms with E-state index in [4.69, 9.17) is 0 Å². The highest BCUT2D eigenvalue weighted by molar-refractivity contribution is 9.10. The summed E-state index contributed by atoms with van der Waals surface area (Å²) in [6.07, 6.45) is -2.04. The molecular weight excluding hydrogens is 387 g/mol. The van der Waals surface area contributed by atoms with Crippen molar-refractivity contribution in [3.8, 4) is 0 Å². The van der Waals surface area contributed by atoms with Crippen LogP contribution in [0.4, 0.5) is 18.9 Å². The summed E-state index contributed by atoms with van der Waals surface area (Å²) in [5.74, 6) is 0.614. The number of halogens is 5. The van der Waals surface area contributed by atoms with Crippen molar-refractivity contribution in [1.29, 1.82) is 0 Å². The number of rotatable bonds is 3. The van der Waals surface area contributed by atoms with Crippen molar-refractivity contribution in [2.24, 2.45) is 5.92 Å². The molecule has 1 aliphatic carbocycles. The minimum absolute atomic E-state index is 0.486. The minimum Gasteiger partial charge on any atom is -0.373 e. The van der Waals surface area contributed by atoms with E-state index in [0.29, 0.717) is 15.2 Å². The first kappa shape index (κ1) is 15.2. The highest BCUT2D eigenvalue weighted by atomic mass is 79.9. The molecule has 0 spiro atoms. The van der Waals surface area contributed by atoms with E-state index < -0.39 is 11.7 Å². The lowest BCUT2D eigenvalue weighted by Crippen LogP contribution is -2.34. The Morgan fingerprint density at radius 2 is 1.95 bits per heavy atom. The van der Waals surface area contributed by atoms with Gasteiger partial charge in [-0.15, -0.1) is 0 Å². The Balaban J connectivity index is 2.08. The normalized spacial score (nSPS) is 23.1. The molecule has 2 rings (SSSR count). The topological polar surface area (TPSA) is 3.24 Å². The molecule has 1 aromatic rings. The van der Waals surface area contributed by atoms with Gasteiger partial charge in [0.15, 0.2) is 0 Å².